The van der Waals surface area contributed by atoms with Crippen LogP contribution < -0.4 is 5.32 Å². The van der Waals surface area contributed by atoms with Crippen molar-refractivity contribution in [1.29, 1.82) is 0 Å². The van der Waals surface area contributed by atoms with Crippen molar-refractivity contribution in [1.82, 2.24) is 20.4 Å². The van der Waals surface area contributed by atoms with Crippen LogP contribution in [0.3, 0.4) is 0 Å². The number of nitrogens with zero attached hydrogens (tertiary/aromatic N) is 3. The summed E-state index contributed by atoms with van der Waals surface area (Å²) in [6.45, 7) is 4.57. The second kappa shape index (κ2) is 7.21. The van der Waals surface area contributed by atoms with Crippen molar-refractivity contribution in [3.05, 3.63) is 35.7 Å². The molecule has 0 bridgehead atoms. The Kier molecular flexibility index (Phi) is 5.05. The standard InChI is InChI=1S/C17H24N4O2/c1-3-16-19-17(20-23-16)13-6-4-5-12(9-13)15(18-2)11-21-8-7-14(22)10-21/h4-6,9,14-15,18,22H,3,7-8,10-11H2,1-2H3. The van der Waals surface area contributed by atoms with Gasteiger partial charge in [0.2, 0.25) is 11.7 Å². The number of benzene rings is 1. The molecule has 0 saturated carbocycles. The van der Waals surface area contributed by atoms with Crippen LogP contribution in [0, 0.1) is 0 Å². The molecule has 2 N–H and O–H groups in total. The van der Waals surface area contributed by atoms with Gasteiger partial charge in [0.1, 0.15) is 0 Å². The highest BCUT2D eigenvalue weighted by Gasteiger charge is 2.23. The minimum Gasteiger partial charge on any atom is -0.392 e. The smallest absolute Gasteiger partial charge is 0.226 e. The molecule has 0 spiro atoms. The molecular formula is C17H24N4O2. The first kappa shape index (κ1) is 16.1. The van der Waals surface area contributed by atoms with Crippen molar-refractivity contribution in [3.63, 3.8) is 0 Å². The monoisotopic (exact) mass is 316 g/mol. The second-order valence-corrected chi connectivity index (χ2v) is 6.03. The number of aliphatic hydroxyl groups excluding tert-OH is 1. The molecule has 1 aromatic heterocycles. The number of likely N-dealkylation sites (N-methyl/N-ethyl adjacent to an activating group) is 1. The third-order valence-electron chi connectivity index (χ3n) is 4.35. The summed E-state index contributed by atoms with van der Waals surface area (Å²) in [6, 6.07) is 8.45. The van der Waals surface area contributed by atoms with Crippen LogP contribution in [0.2, 0.25) is 0 Å². The van der Waals surface area contributed by atoms with Crippen LogP contribution in [0.1, 0.15) is 30.8 Å². The van der Waals surface area contributed by atoms with Gasteiger partial charge in [0.05, 0.1) is 6.10 Å². The molecule has 2 heterocycles. The highest BCUT2D eigenvalue weighted by molar-refractivity contribution is 5.55. The Balaban J connectivity index is 1.76. The maximum Gasteiger partial charge on any atom is 0.226 e. The van der Waals surface area contributed by atoms with Gasteiger partial charge in [0, 0.05) is 37.7 Å². The SMILES string of the molecule is CCc1nc(-c2cccc(C(CN3CCC(O)C3)NC)c2)no1. The van der Waals surface area contributed by atoms with Crippen LogP contribution in [-0.2, 0) is 6.42 Å². The first-order valence-electron chi connectivity index (χ1n) is 8.20. The first-order valence-corrected chi connectivity index (χ1v) is 8.20. The fourth-order valence-electron chi connectivity index (χ4n) is 3.01. The summed E-state index contributed by atoms with van der Waals surface area (Å²) >= 11 is 0. The van der Waals surface area contributed by atoms with Gasteiger partial charge in [-0.3, -0.25) is 4.90 Å². The molecule has 124 valence electrons. The van der Waals surface area contributed by atoms with Crippen molar-refractivity contribution in [2.45, 2.75) is 31.9 Å². The number of nitrogens with one attached hydrogen (secondary N) is 1. The molecule has 2 unspecified atom stereocenters. The number of hydrogen-bond donors (Lipinski definition) is 2. The van der Waals surface area contributed by atoms with E-state index < -0.39 is 0 Å². The van der Waals surface area contributed by atoms with Gasteiger partial charge in [0.25, 0.3) is 0 Å². The van der Waals surface area contributed by atoms with Crippen molar-refractivity contribution in [3.8, 4) is 11.4 Å². The summed E-state index contributed by atoms with van der Waals surface area (Å²) in [5.74, 6) is 1.29. The van der Waals surface area contributed by atoms with Gasteiger partial charge < -0.3 is 14.9 Å². The van der Waals surface area contributed by atoms with Crippen LogP contribution in [0.4, 0.5) is 0 Å². The lowest BCUT2D eigenvalue weighted by molar-refractivity contribution is 0.173. The Morgan fingerprint density at radius 3 is 3.00 bits per heavy atom. The molecule has 0 aliphatic carbocycles. The number of likely N-dealkylation sites (tertiary alicyclic amines) is 1. The number of rotatable bonds is 6. The Hall–Kier alpha value is -1.76. The Bertz CT molecular complexity index is 643. The van der Waals surface area contributed by atoms with E-state index in [1.807, 2.05) is 26.1 Å². The largest absolute Gasteiger partial charge is 0.392 e. The molecule has 6 nitrogen and oxygen atoms in total. The van der Waals surface area contributed by atoms with Gasteiger partial charge in [0.15, 0.2) is 0 Å². The maximum atomic E-state index is 9.69. The predicted octanol–water partition coefficient (Wildman–Crippen LogP) is 1.63. The fourth-order valence-corrected chi connectivity index (χ4v) is 3.01. The summed E-state index contributed by atoms with van der Waals surface area (Å²) in [5, 5.41) is 17.1. The number of β-amino-alcohol motifs (C(OH)–C–C–N with tert-alkyl or cyclic N) is 1. The van der Waals surface area contributed by atoms with Gasteiger partial charge in [-0.1, -0.05) is 30.3 Å². The molecule has 1 aliphatic heterocycles. The van der Waals surface area contributed by atoms with E-state index in [0.29, 0.717) is 11.7 Å². The van der Waals surface area contributed by atoms with E-state index in [1.165, 1.54) is 5.56 Å². The Labute approximate surface area is 136 Å². The van der Waals surface area contributed by atoms with E-state index in [4.69, 9.17) is 4.52 Å². The fraction of sp³-hybridized carbons (Fsp3) is 0.529. The normalized spacial score (nSPS) is 20.0. The molecule has 2 atom stereocenters. The zero-order valence-electron chi connectivity index (χ0n) is 13.7. The van der Waals surface area contributed by atoms with E-state index in [1.54, 1.807) is 0 Å². The van der Waals surface area contributed by atoms with E-state index >= 15 is 0 Å². The molecule has 23 heavy (non-hydrogen) atoms. The summed E-state index contributed by atoms with van der Waals surface area (Å²) in [7, 11) is 1.97. The number of aromatic nitrogens is 2. The quantitative estimate of drug-likeness (QED) is 0.844. The highest BCUT2D eigenvalue weighted by atomic mass is 16.5. The molecule has 0 amide bonds. The Morgan fingerprint density at radius 2 is 2.35 bits per heavy atom. The van der Waals surface area contributed by atoms with Crippen LogP contribution in [-0.4, -0.2) is 52.9 Å². The van der Waals surface area contributed by atoms with Gasteiger partial charge in [-0.05, 0) is 25.1 Å². The molecule has 1 aromatic carbocycles. The molecule has 0 radical (unpaired) electrons. The molecular weight excluding hydrogens is 292 g/mol. The molecule has 1 fully saturated rings. The number of aryl methyl sites for hydroxylation is 1. The van der Waals surface area contributed by atoms with E-state index in [9.17, 15) is 5.11 Å². The van der Waals surface area contributed by atoms with Crippen LogP contribution in [0.25, 0.3) is 11.4 Å². The van der Waals surface area contributed by atoms with E-state index in [2.05, 4.69) is 32.5 Å². The minimum absolute atomic E-state index is 0.189. The van der Waals surface area contributed by atoms with Crippen LogP contribution in [0.15, 0.2) is 28.8 Å². The molecule has 1 aliphatic rings. The summed E-state index contributed by atoms with van der Waals surface area (Å²) in [4.78, 5) is 6.69. The minimum atomic E-state index is -0.189. The topological polar surface area (TPSA) is 74.4 Å². The van der Waals surface area contributed by atoms with Crippen LogP contribution >= 0.6 is 0 Å². The third-order valence-corrected chi connectivity index (χ3v) is 4.35. The molecule has 3 rings (SSSR count). The average molecular weight is 316 g/mol. The van der Waals surface area contributed by atoms with Gasteiger partial charge in [-0.15, -0.1) is 0 Å². The van der Waals surface area contributed by atoms with Crippen molar-refractivity contribution >= 4 is 0 Å². The summed E-state index contributed by atoms with van der Waals surface area (Å²) < 4.78 is 5.20. The number of aliphatic hydroxyl groups is 1. The van der Waals surface area contributed by atoms with Gasteiger partial charge in [-0.2, -0.15) is 4.98 Å². The first-order chi connectivity index (χ1) is 11.2. The molecule has 2 aromatic rings. The second-order valence-electron chi connectivity index (χ2n) is 6.03. The predicted molar refractivity (Wildman–Crippen MR) is 88.0 cm³/mol. The van der Waals surface area contributed by atoms with Crippen LogP contribution in [0.5, 0.6) is 0 Å². The van der Waals surface area contributed by atoms with E-state index in [-0.39, 0.29) is 12.1 Å². The summed E-state index contributed by atoms with van der Waals surface area (Å²) in [5.41, 5.74) is 2.15. The zero-order valence-corrected chi connectivity index (χ0v) is 13.7. The molecule has 6 heteroatoms. The number of hydrogen-bond acceptors (Lipinski definition) is 6. The van der Waals surface area contributed by atoms with Gasteiger partial charge in [-0.25, -0.2) is 0 Å². The van der Waals surface area contributed by atoms with Crippen molar-refractivity contribution in [2.75, 3.05) is 26.7 Å². The average Bonchev–Trinajstić information content (AvgIpc) is 3.21. The van der Waals surface area contributed by atoms with Crippen molar-refractivity contribution < 1.29 is 9.63 Å². The lowest BCUT2D eigenvalue weighted by atomic mass is 10.0. The van der Waals surface area contributed by atoms with Gasteiger partial charge >= 0.3 is 0 Å². The maximum absolute atomic E-state index is 9.69. The summed E-state index contributed by atoms with van der Waals surface area (Å²) in [6.07, 6.45) is 1.41. The Morgan fingerprint density at radius 1 is 1.48 bits per heavy atom. The lowest BCUT2D eigenvalue weighted by Crippen LogP contribution is -2.33. The lowest BCUT2D eigenvalue weighted by Gasteiger charge is -2.23. The third kappa shape index (κ3) is 3.77. The van der Waals surface area contributed by atoms with E-state index in [0.717, 1.165) is 38.0 Å². The molecule has 1 saturated heterocycles. The zero-order chi connectivity index (χ0) is 16.2. The van der Waals surface area contributed by atoms with Crippen molar-refractivity contribution in [2.24, 2.45) is 0 Å². The highest BCUT2D eigenvalue weighted by Crippen LogP contribution is 2.23.